The Balaban J connectivity index is 2.45. The van der Waals surface area contributed by atoms with Gasteiger partial charge in [0.25, 0.3) is 0 Å². The van der Waals surface area contributed by atoms with Crippen molar-refractivity contribution in [2.75, 3.05) is 25.6 Å². The van der Waals surface area contributed by atoms with Crippen LogP contribution in [0.15, 0.2) is 12.1 Å². The highest BCUT2D eigenvalue weighted by Crippen LogP contribution is 2.43. The standard InChI is InChI=1S/C11H15ClN2O2/c1-16-9-3-2-7(12)10-6(8(13)5-15)4-14-11(9)10/h2-3,6,8,14-15H,4-5,13H2,1H3. The van der Waals surface area contributed by atoms with Gasteiger partial charge in [-0.05, 0) is 12.1 Å². The summed E-state index contributed by atoms with van der Waals surface area (Å²) in [6, 6.07) is 3.31. The summed E-state index contributed by atoms with van der Waals surface area (Å²) in [5.74, 6) is 0.787. The maximum absolute atomic E-state index is 9.11. The van der Waals surface area contributed by atoms with Gasteiger partial charge < -0.3 is 20.9 Å². The molecule has 0 bridgehead atoms. The summed E-state index contributed by atoms with van der Waals surface area (Å²) in [5.41, 5.74) is 7.70. The van der Waals surface area contributed by atoms with Crippen LogP contribution in [-0.4, -0.2) is 31.4 Å². The van der Waals surface area contributed by atoms with E-state index in [2.05, 4.69) is 5.32 Å². The van der Waals surface area contributed by atoms with Crippen molar-refractivity contribution >= 4 is 17.3 Å². The first-order chi connectivity index (χ1) is 7.69. The quantitative estimate of drug-likeness (QED) is 0.745. The second-order valence-electron chi connectivity index (χ2n) is 3.87. The molecule has 0 aromatic heterocycles. The topological polar surface area (TPSA) is 67.5 Å². The Hall–Kier alpha value is -0.970. The first-order valence-corrected chi connectivity index (χ1v) is 5.53. The Morgan fingerprint density at radius 3 is 3.06 bits per heavy atom. The molecular formula is C11H15ClN2O2. The van der Waals surface area contributed by atoms with Gasteiger partial charge in [0.05, 0.1) is 19.4 Å². The molecule has 0 aliphatic carbocycles. The number of anilines is 1. The van der Waals surface area contributed by atoms with Crippen LogP contribution in [0, 0.1) is 0 Å². The molecule has 88 valence electrons. The largest absolute Gasteiger partial charge is 0.495 e. The zero-order chi connectivity index (χ0) is 11.7. The molecule has 2 atom stereocenters. The molecule has 0 amide bonds. The number of rotatable bonds is 3. The van der Waals surface area contributed by atoms with Crippen molar-refractivity contribution < 1.29 is 9.84 Å². The van der Waals surface area contributed by atoms with Crippen LogP contribution < -0.4 is 15.8 Å². The third-order valence-corrected chi connectivity index (χ3v) is 3.30. The van der Waals surface area contributed by atoms with Crippen LogP contribution in [0.2, 0.25) is 5.02 Å². The van der Waals surface area contributed by atoms with Gasteiger partial charge in [0.2, 0.25) is 0 Å². The summed E-state index contributed by atoms with van der Waals surface area (Å²) in [6.45, 7) is 0.622. The van der Waals surface area contributed by atoms with E-state index in [-0.39, 0.29) is 18.6 Å². The molecule has 5 heteroatoms. The van der Waals surface area contributed by atoms with Crippen molar-refractivity contribution in [3.8, 4) is 5.75 Å². The molecule has 4 nitrogen and oxygen atoms in total. The van der Waals surface area contributed by atoms with E-state index in [1.807, 2.05) is 6.07 Å². The number of aliphatic hydroxyl groups is 1. The summed E-state index contributed by atoms with van der Waals surface area (Å²) in [7, 11) is 1.62. The molecule has 0 radical (unpaired) electrons. The van der Waals surface area contributed by atoms with E-state index in [0.29, 0.717) is 11.6 Å². The van der Waals surface area contributed by atoms with Gasteiger partial charge in [0.15, 0.2) is 0 Å². The fourth-order valence-corrected chi connectivity index (χ4v) is 2.39. The molecule has 0 saturated carbocycles. The highest BCUT2D eigenvalue weighted by atomic mass is 35.5. The normalized spacial score (nSPS) is 20.1. The average molecular weight is 243 g/mol. The van der Waals surface area contributed by atoms with E-state index in [9.17, 15) is 0 Å². The van der Waals surface area contributed by atoms with Crippen LogP contribution >= 0.6 is 11.6 Å². The molecule has 1 aromatic rings. The number of aliphatic hydroxyl groups excluding tert-OH is 1. The van der Waals surface area contributed by atoms with E-state index < -0.39 is 0 Å². The van der Waals surface area contributed by atoms with E-state index >= 15 is 0 Å². The van der Waals surface area contributed by atoms with Gasteiger partial charge >= 0.3 is 0 Å². The van der Waals surface area contributed by atoms with Gasteiger partial charge in [-0.3, -0.25) is 0 Å². The van der Waals surface area contributed by atoms with Crippen molar-refractivity contribution in [3.05, 3.63) is 22.7 Å². The smallest absolute Gasteiger partial charge is 0.142 e. The minimum Gasteiger partial charge on any atom is -0.495 e. The number of nitrogens with two attached hydrogens (primary N) is 1. The fourth-order valence-electron chi connectivity index (χ4n) is 2.10. The number of hydrogen-bond donors (Lipinski definition) is 3. The van der Waals surface area contributed by atoms with Crippen molar-refractivity contribution in [1.82, 2.24) is 0 Å². The van der Waals surface area contributed by atoms with Gasteiger partial charge in [0.1, 0.15) is 5.75 Å². The Morgan fingerprint density at radius 2 is 2.44 bits per heavy atom. The zero-order valence-electron chi connectivity index (χ0n) is 9.03. The number of fused-ring (bicyclic) bond motifs is 1. The Kier molecular flexibility index (Phi) is 3.23. The van der Waals surface area contributed by atoms with E-state index in [4.69, 9.17) is 27.2 Å². The summed E-state index contributed by atoms with van der Waals surface area (Å²) in [4.78, 5) is 0. The van der Waals surface area contributed by atoms with Gasteiger partial charge in [0, 0.05) is 29.1 Å². The number of benzene rings is 1. The predicted molar refractivity (Wildman–Crippen MR) is 64.3 cm³/mol. The van der Waals surface area contributed by atoms with Crippen molar-refractivity contribution in [2.45, 2.75) is 12.0 Å². The fraction of sp³-hybridized carbons (Fsp3) is 0.455. The molecule has 0 fully saturated rings. The lowest BCUT2D eigenvalue weighted by molar-refractivity contribution is 0.252. The molecule has 4 N–H and O–H groups in total. The van der Waals surface area contributed by atoms with Crippen molar-refractivity contribution in [1.29, 1.82) is 0 Å². The molecule has 0 spiro atoms. The molecule has 1 heterocycles. The summed E-state index contributed by atoms with van der Waals surface area (Å²) < 4.78 is 5.25. The van der Waals surface area contributed by atoms with Gasteiger partial charge in [-0.25, -0.2) is 0 Å². The monoisotopic (exact) mass is 242 g/mol. The molecule has 0 saturated heterocycles. The summed E-state index contributed by atoms with van der Waals surface area (Å²) in [6.07, 6.45) is 0. The van der Waals surface area contributed by atoms with Gasteiger partial charge in [-0.2, -0.15) is 0 Å². The molecule has 2 rings (SSSR count). The molecule has 2 unspecified atom stereocenters. The third kappa shape index (κ3) is 1.73. The van der Waals surface area contributed by atoms with Crippen LogP contribution in [0.4, 0.5) is 5.69 Å². The second-order valence-corrected chi connectivity index (χ2v) is 4.28. The Labute approximate surface area is 99.4 Å². The lowest BCUT2D eigenvalue weighted by Crippen LogP contribution is -2.33. The minimum atomic E-state index is -0.307. The Bertz CT molecular complexity index is 398. The van der Waals surface area contributed by atoms with Crippen LogP contribution in [0.1, 0.15) is 11.5 Å². The highest BCUT2D eigenvalue weighted by molar-refractivity contribution is 6.32. The van der Waals surface area contributed by atoms with Gasteiger partial charge in [-0.1, -0.05) is 11.6 Å². The van der Waals surface area contributed by atoms with Crippen LogP contribution in [0.5, 0.6) is 5.75 Å². The number of hydrogen-bond acceptors (Lipinski definition) is 4. The minimum absolute atomic E-state index is 0.0302. The SMILES string of the molecule is COc1ccc(Cl)c2c1NCC2C(N)CO. The van der Waals surface area contributed by atoms with Crippen LogP contribution in [0.3, 0.4) is 0 Å². The number of ether oxygens (including phenoxy) is 1. The van der Waals surface area contributed by atoms with Crippen LogP contribution in [0.25, 0.3) is 0 Å². The molecule has 1 aliphatic heterocycles. The molecule has 16 heavy (non-hydrogen) atoms. The molecule has 1 aromatic carbocycles. The first-order valence-electron chi connectivity index (χ1n) is 5.15. The van der Waals surface area contributed by atoms with Crippen molar-refractivity contribution in [2.24, 2.45) is 5.73 Å². The van der Waals surface area contributed by atoms with E-state index in [0.717, 1.165) is 17.0 Å². The third-order valence-electron chi connectivity index (χ3n) is 2.97. The van der Waals surface area contributed by atoms with Gasteiger partial charge in [-0.15, -0.1) is 0 Å². The number of nitrogens with one attached hydrogen (secondary N) is 1. The summed E-state index contributed by atoms with van der Waals surface area (Å²) in [5, 5.41) is 13.0. The summed E-state index contributed by atoms with van der Waals surface area (Å²) >= 11 is 6.16. The predicted octanol–water partition coefficient (Wildman–Crippen LogP) is 1.18. The average Bonchev–Trinajstić information content (AvgIpc) is 2.74. The number of methoxy groups -OCH3 is 1. The molecule has 1 aliphatic rings. The maximum atomic E-state index is 9.11. The van der Waals surface area contributed by atoms with Crippen molar-refractivity contribution in [3.63, 3.8) is 0 Å². The lowest BCUT2D eigenvalue weighted by Gasteiger charge is -2.17. The maximum Gasteiger partial charge on any atom is 0.142 e. The first kappa shape index (κ1) is 11.5. The van der Waals surface area contributed by atoms with Crippen LogP contribution in [-0.2, 0) is 0 Å². The highest BCUT2D eigenvalue weighted by Gasteiger charge is 2.31. The zero-order valence-corrected chi connectivity index (χ0v) is 9.79. The number of halogens is 1. The Morgan fingerprint density at radius 1 is 1.69 bits per heavy atom. The lowest BCUT2D eigenvalue weighted by atomic mass is 9.94. The van der Waals surface area contributed by atoms with E-state index in [1.165, 1.54) is 0 Å². The van der Waals surface area contributed by atoms with E-state index in [1.54, 1.807) is 13.2 Å². The second kappa shape index (κ2) is 4.49. The molecular weight excluding hydrogens is 228 g/mol.